The van der Waals surface area contributed by atoms with Crippen molar-refractivity contribution < 1.29 is 37.1 Å². The third-order valence-electron chi connectivity index (χ3n) is 4.32. The number of hydrogen-bond donors (Lipinski definition) is 1. The van der Waals surface area contributed by atoms with Crippen molar-refractivity contribution in [1.29, 1.82) is 0 Å². The number of nitrogens with zero attached hydrogens (tertiary/aromatic N) is 2. The summed E-state index contributed by atoms with van der Waals surface area (Å²) in [7, 11) is 0. The number of alkyl halides is 3. The van der Waals surface area contributed by atoms with E-state index in [2.05, 4.69) is 0 Å². The predicted octanol–water partition coefficient (Wildman–Crippen LogP) is 2.59. The molecule has 0 aliphatic carbocycles. The van der Waals surface area contributed by atoms with E-state index in [1.165, 1.54) is 34.1 Å². The number of aromatic carboxylic acids is 1. The quantitative estimate of drug-likeness (QED) is 0.861. The summed E-state index contributed by atoms with van der Waals surface area (Å²) in [5.74, 6) is -2.85. The molecule has 28 heavy (non-hydrogen) atoms. The topological polar surface area (TPSA) is 91.1 Å². The van der Waals surface area contributed by atoms with E-state index in [0.717, 1.165) is 12.1 Å². The van der Waals surface area contributed by atoms with E-state index in [1.807, 2.05) is 0 Å². The number of benzene rings is 1. The molecule has 0 atom stereocenters. The summed E-state index contributed by atoms with van der Waals surface area (Å²) >= 11 is 0. The zero-order valence-electron chi connectivity index (χ0n) is 14.4. The molecule has 3 rings (SSSR count). The molecule has 0 bridgehead atoms. The molecule has 2 amide bonds. The molecular formula is C18H15F3N2O5. The molecular weight excluding hydrogens is 381 g/mol. The Kier molecular flexibility index (Phi) is 5.12. The fraction of sp³-hybridized carbons (Fsp3) is 0.278. The molecule has 0 saturated carbocycles. The maximum Gasteiger partial charge on any atom is 0.416 e. The largest absolute Gasteiger partial charge is 0.475 e. The number of amides is 2. The minimum atomic E-state index is -4.54. The summed E-state index contributed by atoms with van der Waals surface area (Å²) in [6.07, 6.45) is -4.54. The van der Waals surface area contributed by atoms with Gasteiger partial charge in [-0.1, -0.05) is 6.07 Å². The van der Waals surface area contributed by atoms with E-state index in [-0.39, 0.29) is 43.3 Å². The second-order valence-electron chi connectivity index (χ2n) is 6.13. The summed E-state index contributed by atoms with van der Waals surface area (Å²) in [5, 5.41) is 8.83. The van der Waals surface area contributed by atoms with Crippen LogP contribution in [0.2, 0.25) is 0 Å². The van der Waals surface area contributed by atoms with Crippen LogP contribution >= 0.6 is 0 Å². The van der Waals surface area contributed by atoms with Crippen LogP contribution in [-0.2, 0) is 6.18 Å². The summed E-state index contributed by atoms with van der Waals surface area (Å²) < 4.78 is 43.4. The van der Waals surface area contributed by atoms with Gasteiger partial charge >= 0.3 is 12.1 Å². The molecule has 1 aromatic heterocycles. The van der Waals surface area contributed by atoms with Crippen LogP contribution in [0, 0.1) is 0 Å². The molecule has 1 aliphatic heterocycles. The Morgan fingerprint density at radius 2 is 1.46 bits per heavy atom. The number of carbonyl (C=O) groups excluding carboxylic acids is 2. The lowest BCUT2D eigenvalue weighted by Crippen LogP contribution is -2.50. The molecule has 0 radical (unpaired) electrons. The lowest BCUT2D eigenvalue weighted by Gasteiger charge is -2.34. The molecule has 1 N–H and O–H groups in total. The fourth-order valence-corrected chi connectivity index (χ4v) is 2.85. The monoisotopic (exact) mass is 396 g/mol. The number of carboxylic acids is 1. The van der Waals surface area contributed by atoms with Crippen molar-refractivity contribution in [3.05, 3.63) is 59.0 Å². The van der Waals surface area contributed by atoms with Gasteiger partial charge < -0.3 is 19.3 Å². The first-order valence-corrected chi connectivity index (χ1v) is 8.26. The van der Waals surface area contributed by atoms with E-state index in [1.54, 1.807) is 0 Å². The molecule has 1 saturated heterocycles. The van der Waals surface area contributed by atoms with E-state index < -0.39 is 29.5 Å². The van der Waals surface area contributed by atoms with E-state index in [9.17, 15) is 27.6 Å². The van der Waals surface area contributed by atoms with Crippen LogP contribution < -0.4 is 0 Å². The third kappa shape index (κ3) is 4.00. The number of halogens is 3. The van der Waals surface area contributed by atoms with Gasteiger partial charge in [0, 0.05) is 31.7 Å². The zero-order valence-corrected chi connectivity index (χ0v) is 14.4. The van der Waals surface area contributed by atoms with E-state index in [4.69, 9.17) is 9.52 Å². The maximum absolute atomic E-state index is 12.8. The molecule has 0 unspecified atom stereocenters. The van der Waals surface area contributed by atoms with Crippen molar-refractivity contribution >= 4 is 17.8 Å². The van der Waals surface area contributed by atoms with Crippen LogP contribution in [0.4, 0.5) is 13.2 Å². The van der Waals surface area contributed by atoms with Crippen LogP contribution in [0.3, 0.4) is 0 Å². The molecule has 148 valence electrons. The maximum atomic E-state index is 12.8. The lowest BCUT2D eigenvalue weighted by molar-refractivity contribution is -0.137. The normalized spacial score (nSPS) is 14.8. The highest BCUT2D eigenvalue weighted by molar-refractivity contribution is 5.95. The number of hydrogen-bond acceptors (Lipinski definition) is 4. The van der Waals surface area contributed by atoms with Crippen molar-refractivity contribution in [1.82, 2.24) is 9.80 Å². The number of furan rings is 1. The molecule has 1 aliphatic rings. The highest BCUT2D eigenvalue weighted by Crippen LogP contribution is 2.29. The molecule has 0 spiro atoms. The Morgan fingerprint density at radius 3 is 2.00 bits per heavy atom. The molecule has 1 fully saturated rings. The number of rotatable bonds is 3. The van der Waals surface area contributed by atoms with Crippen LogP contribution in [0.15, 0.2) is 40.8 Å². The highest BCUT2D eigenvalue weighted by atomic mass is 19.4. The van der Waals surface area contributed by atoms with Crippen molar-refractivity contribution in [3.63, 3.8) is 0 Å². The van der Waals surface area contributed by atoms with E-state index >= 15 is 0 Å². The summed E-state index contributed by atoms with van der Waals surface area (Å²) in [5.41, 5.74) is -0.981. The minimum Gasteiger partial charge on any atom is -0.475 e. The van der Waals surface area contributed by atoms with Crippen LogP contribution in [0.1, 0.15) is 37.0 Å². The Balaban J connectivity index is 1.64. The summed E-state index contributed by atoms with van der Waals surface area (Å²) in [4.78, 5) is 38.4. The van der Waals surface area contributed by atoms with Gasteiger partial charge in [0.25, 0.3) is 11.8 Å². The summed E-state index contributed by atoms with van der Waals surface area (Å²) in [6.45, 7) is 0.555. The molecule has 10 heteroatoms. The third-order valence-corrected chi connectivity index (χ3v) is 4.32. The number of piperazine rings is 1. The number of carbonyl (C=O) groups is 3. The van der Waals surface area contributed by atoms with Crippen LogP contribution in [0.25, 0.3) is 0 Å². The van der Waals surface area contributed by atoms with Gasteiger partial charge in [0.15, 0.2) is 5.76 Å². The average molecular weight is 396 g/mol. The standard InChI is InChI=1S/C18H15F3N2O5/c19-18(20,21)12-3-1-2-11(10-12)15(24)22-6-8-23(9-7-22)16(25)13-4-5-14(28-13)17(26)27/h1-5,10H,6-9H2,(H,26,27). The number of carboxylic acid groups (broad SMARTS) is 1. The molecule has 2 aromatic rings. The zero-order chi connectivity index (χ0) is 20.5. The van der Waals surface area contributed by atoms with E-state index in [0.29, 0.717) is 0 Å². The van der Waals surface area contributed by atoms with Gasteiger partial charge in [0.1, 0.15) is 0 Å². The van der Waals surface area contributed by atoms with Gasteiger partial charge in [-0.3, -0.25) is 9.59 Å². The van der Waals surface area contributed by atoms with Crippen molar-refractivity contribution in [2.24, 2.45) is 0 Å². The van der Waals surface area contributed by atoms with Gasteiger partial charge in [-0.2, -0.15) is 13.2 Å². The minimum absolute atomic E-state index is 0.0771. The molecule has 7 nitrogen and oxygen atoms in total. The lowest BCUT2D eigenvalue weighted by atomic mass is 10.1. The second-order valence-corrected chi connectivity index (χ2v) is 6.13. The van der Waals surface area contributed by atoms with Gasteiger partial charge in [0.2, 0.25) is 5.76 Å². The van der Waals surface area contributed by atoms with Gasteiger partial charge in [-0.15, -0.1) is 0 Å². The van der Waals surface area contributed by atoms with Gasteiger partial charge in [-0.05, 0) is 30.3 Å². The first-order chi connectivity index (χ1) is 13.2. The Morgan fingerprint density at radius 1 is 0.893 bits per heavy atom. The van der Waals surface area contributed by atoms with Gasteiger partial charge in [-0.25, -0.2) is 4.79 Å². The fourth-order valence-electron chi connectivity index (χ4n) is 2.85. The van der Waals surface area contributed by atoms with Crippen molar-refractivity contribution in [2.75, 3.05) is 26.2 Å². The van der Waals surface area contributed by atoms with Gasteiger partial charge in [0.05, 0.1) is 5.56 Å². The Hall–Kier alpha value is -3.30. The first kappa shape index (κ1) is 19.5. The average Bonchev–Trinajstić information content (AvgIpc) is 3.17. The van der Waals surface area contributed by atoms with Crippen molar-refractivity contribution in [2.45, 2.75) is 6.18 Å². The van der Waals surface area contributed by atoms with Crippen LogP contribution in [-0.4, -0.2) is 58.9 Å². The molecule has 2 heterocycles. The predicted molar refractivity (Wildman–Crippen MR) is 88.9 cm³/mol. The Bertz CT molecular complexity index is 914. The smallest absolute Gasteiger partial charge is 0.416 e. The SMILES string of the molecule is O=C(O)c1ccc(C(=O)N2CCN(C(=O)c3cccc(C(F)(F)F)c3)CC2)o1. The molecule has 1 aromatic carbocycles. The highest BCUT2D eigenvalue weighted by Gasteiger charge is 2.32. The van der Waals surface area contributed by atoms with Crippen molar-refractivity contribution in [3.8, 4) is 0 Å². The Labute approximate surface area is 156 Å². The second kappa shape index (κ2) is 7.37. The summed E-state index contributed by atoms with van der Waals surface area (Å²) in [6, 6.07) is 6.60. The first-order valence-electron chi connectivity index (χ1n) is 8.26. The van der Waals surface area contributed by atoms with Crippen LogP contribution in [0.5, 0.6) is 0 Å².